The van der Waals surface area contributed by atoms with Crippen LogP contribution in [0.3, 0.4) is 0 Å². The van der Waals surface area contributed by atoms with Crippen molar-refractivity contribution >= 4 is 50.0 Å². The quantitative estimate of drug-likeness (QED) is 0.296. The molecule has 194 valence electrons. The third-order valence-electron chi connectivity index (χ3n) is 6.31. The number of benzene rings is 1. The average molecular weight is 564 g/mol. The first-order valence-electron chi connectivity index (χ1n) is 11.2. The molecule has 3 aromatic rings. The number of amides is 1. The molecule has 1 fully saturated rings. The number of nitrogens with one attached hydrogen (secondary N) is 1. The van der Waals surface area contributed by atoms with Gasteiger partial charge in [0, 0.05) is 25.2 Å². The van der Waals surface area contributed by atoms with Crippen molar-refractivity contribution < 1.29 is 17.9 Å². The van der Waals surface area contributed by atoms with Crippen LogP contribution >= 0.6 is 23.2 Å². The normalized spacial score (nSPS) is 14.4. The highest BCUT2D eigenvalue weighted by Gasteiger charge is 2.57. The Balaban J connectivity index is 1.56. The van der Waals surface area contributed by atoms with Crippen LogP contribution in [0.1, 0.15) is 34.3 Å². The second kappa shape index (κ2) is 10.7. The van der Waals surface area contributed by atoms with E-state index < -0.39 is 26.2 Å². The van der Waals surface area contributed by atoms with Gasteiger partial charge in [0.15, 0.2) is 0 Å². The fourth-order valence-corrected chi connectivity index (χ4v) is 6.55. The summed E-state index contributed by atoms with van der Waals surface area (Å²) in [5.74, 6) is -0.483. The molecule has 0 unspecified atom stereocenters. The van der Waals surface area contributed by atoms with Gasteiger partial charge in [-0.2, -0.15) is 9.57 Å². The lowest BCUT2D eigenvalue weighted by Gasteiger charge is -2.24. The summed E-state index contributed by atoms with van der Waals surface area (Å²) in [5.41, 5.74) is 0.978. The van der Waals surface area contributed by atoms with Gasteiger partial charge in [-0.25, -0.2) is 13.4 Å². The SMILES string of the molecule is Cn1c(=O)c(C(=O)NCc2ccc(C#N)cc2)cc2ccnc(OCC3(S(=O)(=O)N(CCl)CCl)CC3)c21. The number of carbonyl (C=O) groups is 1. The maximum atomic E-state index is 13.1. The molecule has 1 amide bonds. The van der Waals surface area contributed by atoms with Crippen molar-refractivity contribution in [3.63, 3.8) is 0 Å². The van der Waals surface area contributed by atoms with Gasteiger partial charge in [-0.15, -0.1) is 23.2 Å². The Bertz CT molecular complexity index is 1540. The predicted octanol–water partition coefficient (Wildman–Crippen LogP) is 2.67. The molecule has 37 heavy (non-hydrogen) atoms. The number of rotatable bonds is 10. The summed E-state index contributed by atoms with van der Waals surface area (Å²) in [4.78, 5) is 30.1. The highest BCUT2D eigenvalue weighted by Crippen LogP contribution is 2.46. The van der Waals surface area contributed by atoms with Gasteiger partial charge in [0.25, 0.3) is 11.5 Å². The van der Waals surface area contributed by atoms with Gasteiger partial charge in [-0.1, -0.05) is 12.1 Å². The molecule has 1 N–H and O–H groups in total. The number of hydrogen-bond acceptors (Lipinski definition) is 7. The largest absolute Gasteiger partial charge is 0.474 e. The third-order valence-corrected chi connectivity index (χ3v) is 9.73. The second-order valence-electron chi connectivity index (χ2n) is 8.64. The van der Waals surface area contributed by atoms with E-state index in [1.165, 1.54) is 23.9 Å². The van der Waals surface area contributed by atoms with Gasteiger partial charge in [0.2, 0.25) is 15.9 Å². The molecule has 0 spiro atoms. The molecule has 10 nitrogen and oxygen atoms in total. The van der Waals surface area contributed by atoms with E-state index in [1.807, 2.05) is 6.07 Å². The van der Waals surface area contributed by atoms with Crippen LogP contribution < -0.4 is 15.6 Å². The van der Waals surface area contributed by atoms with Gasteiger partial charge in [-0.05, 0) is 42.7 Å². The number of nitriles is 1. The van der Waals surface area contributed by atoms with Crippen molar-refractivity contribution in [2.75, 3.05) is 18.6 Å². The number of ether oxygens (including phenoxy) is 1. The molecule has 1 aliphatic carbocycles. The third kappa shape index (κ3) is 5.15. The molecule has 1 saturated carbocycles. The Morgan fingerprint density at radius 3 is 2.51 bits per heavy atom. The summed E-state index contributed by atoms with van der Waals surface area (Å²) >= 11 is 11.5. The first-order valence-corrected chi connectivity index (χ1v) is 13.7. The standard InChI is InChI=1S/C24H23Cl2N5O5S/c1-30-20-18(10-19(23(30)33)21(32)29-12-17-4-2-16(11-27)3-5-17)6-9-28-22(20)36-13-24(7-8-24)37(34,35)31(14-25)15-26/h2-6,9-10H,7-8,12-15H2,1H3,(H,29,32). The van der Waals surface area contributed by atoms with Crippen LogP contribution in [-0.2, 0) is 23.6 Å². The lowest BCUT2D eigenvalue weighted by Crippen LogP contribution is -2.42. The number of pyridine rings is 2. The number of aryl methyl sites for hydroxylation is 1. The highest BCUT2D eigenvalue weighted by molar-refractivity contribution is 7.91. The minimum absolute atomic E-state index is 0.0677. The van der Waals surface area contributed by atoms with Crippen molar-refractivity contribution in [3.8, 4) is 11.9 Å². The zero-order chi connectivity index (χ0) is 26.8. The molecule has 1 aliphatic rings. The Labute approximate surface area is 223 Å². The maximum absolute atomic E-state index is 13.1. The topological polar surface area (TPSA) is 134 Å². The van der Waals surface area contributed by atoms with Crippen molar-refractivity contribution in [2.24, 2.45) is 7.05 Å². The van der Waals surface area contributed by atoms with E-state index in [-0.39, 0.29) is 36.6 Å². The van der Waals surface area contributed by atoms with E-state index in [0.717, 1.165) is 9.87 Å². The van der Waals surface area contributed by atoms with E-state index in [1.54, 1.807) is 30.3 Å². The van der Waals surface area contributed by atoms with E-state index in [0.29, 0.717) is 29.3 Å². The number of carbonyl (C=O) groups excluding carboxylic acids is 1. The monoisotopic (exact) mass is 563 g/mol. The van der Waals surface area contributed by atoms with Crippen LogP contribution in [0.2, 0.25) is 0 Å². The Kier molecular flexibility index (Phi) is 7.75. The van der Waals surface area contributed by atoms with Gasteiger partial charge in [0.1, 0.15) is 22.4 Å². The molecule has 0 atom stereocenters. The molecule has 2 aromatic heterocycles. The fraction of sp³-hybridized carbons (Fsp3) is 0.333. The minimum atomic E-state index is -3.80. The van der Waals surface area contributed by atoms with Gasteiger partial charge in [0.05, 0.1) is 23.6 Å². The van der Waals surface area contributed by atoms with E-state index in [2.05, 4.69) is 10.3 Å². The molecule has 1 aromatic carbocycles. The van der Waals surface area contributed by atoms with Crippen molar-refractivity contribution in [1.29, 1.82) is 5.26 Å². The van der Waals surface area contributed by atoms with Gasteiger partial charge >= 0.3 is 0 Å². The molecule has 2 heterocycles. The first-order chi connectivity index (χ1) is 17.7. The van der Waals surface area contributed by atoms with Gasteiger partial charge in [-0.3, -0.25) is 9.59 Å². The molecule has 4 rings (SSSR count). The summed E-state index contributed by atoms with van der Waals surface area (Å²) in [6.07, 6.45) is 2.22. The summed E-state index contributed by atoms with van der Waals surface area (Å²) < 4.78 is 32.8. The fourth-order valence-electron chi connectivity index (χ4n) is 3.90. The zero-order valence-electron chi connectivity index (χ0n) is 19.8. The predicted molar refractivity (Wildman–Crippen MR) is 139 cm³/mol. The number of halogens is 2. The van der Waals surface area contributed by atoms with Crippen LogP contribution in [0.25, 0.3) is 10.9 Å². The number of nitrogens with zero attached hydrogens (tertiary/aromatic N) is 4. The number of alkyl halides is 2. The highest BCUT2D eigenvalue weighted by atomic mass is 35.5. The number of hydrogen-bond donors (Lipinski definition) is 1. The van der Waals surface area contributed by atoms with Crippen LogP contribution in [0.4, 0.5) is 0 Å². The summed E-state index contributed by atoms with van der Waals surface area (Å²) in [7, 11) is -2.31. The summed E-state index contributed by atoms with van der Waals surface area (Å²) in [6, 6.07) is 11.3. The van der Waals surface area contributed by atoms with Crippen LogP contribution in [0.15, 0.2) is 47.4 Å². The van der Waals surface area contributed by atoms with Crippen LogP contribution in [0.5, 0.6) is 5.88 Å². The Morgan fingerprint density at radius 1 is 1.24 bits per heavy atom. The molecular weight excluding hydrogens is 541 g/mol. The maximum Gasteiger partial charge on any atom is 0.263 e. The smallest absolute Gasteiger partial charge is 0.263 e. The van der Waals surface area contributed by atoms with Crippen molar-refractivity contribution in [1.82, 2.24) is 19.2 Å². The molecule has 13 heteroatoms. The molecule has 0 aliphatic heterocycles. The lowest BCUT2D eigenvalue weighted by atomic mass is 10.1. The first kappa shape index (κ1) is 26.9. The zero-order valence-corrected chi connectivity index (χ0v) is 22.1. The Morgan fingerprint density at radius 2 is 1.92 bits per heavy atom. The Hall–Kier alpha value is -3.17. The lowest BCUT2D eigenvalue weighted by molar-refractivity contribution is 0.0949. The number of sulfonamides is 1. The average Bonchev–Trinajstić information content (AvgIpc) is 3.70. The van der Waals surface area contributed by atoms with E-state index >= 15 is 0 Å². The van der Waals surface area contributed by atoms with Crippen molar-refractivity contribution in [2.45, 2.75) is 24.1 Å². The molecule has 0 radical (unpaired) electrons. The number of aromatic nitrogens is 2. The van der Waals surface area contributed by atoms with E-state index in [4.69, 9.17) is 33.2 Å². The van der Waals surface area contributed by atoms with Crippen LogP contribution in [-0.4, -0.2) is 51.5 Å². The van der Waals surface area contributed by atoms with Gasteiger partial charge < -0.3 is 14.6 Å². The molecule has 0 bridgehead atoms. The van der Waals surface area contributed by atoms with Crippen molar-refractivity contribution in [3.05, 3.63) is 69.6 Å². The summed E-state index contributed by atoms with van der Waals surface area (Å²) in [5, 5.41) is 12.1. The summed E-state index contributed by atoms with van der Waals surface area (Å²) in [6.45, 7) is -0.0125. The minimum Gasteiger partial charge on any atom is -0.474 e. The van der Waals surface area contributed by atoms with Crippen LogP contribution in [0, 0.1) is 11.3 Å². The second-order valence-corrected chi connectivity index (χ2v) is 11.4. The molecule has 0 saturated heterocycles. The number of fused-ring (bicyclic) bond motifs is 1. The molecular formula is C24H23Cl2N5O5S. The van der Waals surface area contributed by atoms with E-state index in [9.17, 15) is 18.0 Å².